The first-order valence-corrected chi connectivity index (χ1v) is 12.8. The summed E-state index contributed by atoms with van der Waals surface area (Å²) in [4.78, 5) is 22.4. The number of hydrogen-bond acceptors (Lipinski definition) is 6. The van der Waals surface area contributed by atoms with Gasteiger partial charge < -0.3 is 19.4 Å². The van der Waals surface area contributed by atoms with Crippen LogP contribution in [0.15, 0.2) is 35.5 Å². The summed E-state index contributed by atoms with van der Waals surface area (Å²) in [5.74, 6) is 0.840. The number of rotatable bonds is 5. The fourth-order valence-corrected chi connectivity index (χ4v) is 5.90. The molecule has 1 unspecified atom stereocenters. The van der Waals surface area contributed by atoms with Crippen molar-refractivity contribution in [2.24, 2.45) is 5.92 Å². The van der Waals surface area contributed by atoms with Gasteiger partial charge in [0.1, 0.15) is 6.33 Å². The van der Waals surface area contributed by atoms with Crippen LogP contribution in [-0.2, 0) is 10.9 Å². The molecule has 6 rings (SSSR count). The fraction of sp³-hybridized carbons (Fsp3) is 0.500. The van der Waals surface area contributed by atoms with Crippen LogP contribution in [0.4, 0.5) is 13.2 Å². The smallest absolute Gasteiger partial charge is 0.417 e. The Labute approximate surface area is 216 Å². The van der Waals surface area contributed by atoms with Gasteiger partial charge >= 0.3 is 11.9 Å². The molecule has 12 heteroatoms. The van der Waals surface area contributed by atoms with Crippen LogP contribution >= 0.6 is 0 Å². The molecule has 0 radical (unpaired) electrons. The van der Waals surface area contributed by atoms with Crippen molar-refractivity contribution >= 4 is 16.7 Å². The van der Waals surface area contributed by atoms with Crippen LogP contribution < -0.4 is 10.4 Å². The highest BCUT2D eigenvalue weighted by Crippen LogP contribution is 2.41. The maximum absolute atomic E-state index is 14.4. The molecule has 1 atom stereocenters. The second-order valence-corrected chi connectivity index (χ2v) is 10.1. The molecule has 202 valence electrons. The number of methoxy groups -OCH3 is 1. The third-order valence-corrected chi connectivity index (χ3v) is 7.74. The fourth-order valence-electron chi connectivity index (χ4n) is 5.90. The van der Waals surface area contributed by atoms with E-state index >= 15 is 0 Å². The van der Waals surface area contributed by atoms with Crippen molar-refractivity contribution in [2.75, 3.05) is 40.0 Å². The minimum absolute atomic E-state index is 0.0705. The zero-order valence-electron chi connectivity index (χ0n) is 21.0. The number of nitrogens with zero attached hydrogens (tertiary/aromatic N) is 5. The van der Waals surface area contributed by atoms with Gasteiger partial charge in [0, 0.05) is 38.1 Å². The number of aromatic amines is 1. The molecule has 5 heterocycles. The molecular formula is C26H29F3N6O3. The molecule has 2 aliphatic heterocycles. The maximum Gasteiger partial charge on any atom is 0.417 e. The summed E-state index contributed by atoms with van der Waals surface area (Å²) in [7, 11) is 1.43. The van der Waals surface area contributed by atoms with E-state index in [9.17, 15) is 18.0 Å². The average molecular weight is 531 g/mol. The van der Waals surface area contributed by atoms with E-state index in [2.05, 4.69) is 20.0 Å². The van der Waals surface area contributed by atoms with Gasteiger partial charge in [-0.3, -0.25) is 4.57 Å². The highest BCUT2D eigenvalue weighted by molar-refractivity contribution is 5.85. The van der Waals surface area contributed by atoms with Gasteiger partial charge in [-0.25, -0.2) is 14.3 Å². The van der Waals surface area contributed by atoms with Gasteiger partial charge in [-0.15, -0.1) is 0 Å². The minimum Gasteiger partial charge on any atom is -0.493 e. The molecule has 0 spiro atoms. The van der Waals surface area contributed by atoms with Crippen LogP contribution in [0.5, 0.6) is 5.75 Å². The molecular weight excluding hydrogens is 501 g/mol. The number of ether oxygens (including phenoxy) is 2. The standard InChI is InChI=1S/C26H29F3N6O3/c1-37-23-9-17(13-34-24(23)30-15-31-34)19-10-21-22(11-20(19)26(27,28)29)35(25(36)32-21)18-3-2-6-33(14-18)12-16-4-7-38-8-5-16/h9-11,13,15-16,18H,2-8,12,14H2,1H3,(H,32,36). The van der Waals surface area contributed by atoms with E-state index in [4.69, 9.17) is 9.47 Å². The van der Waals surface area contributed by atoms with Crippen LogP contribution in [0.25, 0.3) is 27.8 Å². The summed E-state index contributed by atoms with van der Waals surface area (Å²) in [5.41, 5.74) is -0.0217. The van der Waals surface area contributed by atoms with Crippen LogP contribution in [0.1, 0.15) is 37.3 Å². The van der Waals surface area contributed by atoms with Crippen LogP contribution in [-0.4, -0.2) is 69.0 Å². The molecule has 4 aromatic rings. The molecule has 1 N–H and O–H groups in total. The summed E-state index contributed by atoms with van der Waals surface area (Å²) in [6, 6.07) is 3.79. The molecule has 0 amide bonds. The Morgan fingerprint density at radius 3 is 2.76 bits per heavy atom. The third-order valence-electron chi connectivity index (χ3n) is 7.74. The maximum atomic E-state index is 14.4. The van der Waals surface area contributed by atoms with Gasteiger partial charge in [0.15, 0.2) is 11.4 Å². The normalized spacial score (nSPS) is 19.9. The number of nitrogens with one attached hydrogen (secondary N) is 1. The number of likely N-dealkylation sites (tertiary alicyclic amines) is 1. The first-order chi connectivity index (χ1) is 18.3. The van der Waals surface area contributed by atoms with Gasteiger partial charge in [-0.1, -0.05) is 0 Å². The number of benzene rings is 1. The molecule has 0 bridgehead atoms. The number of H-pyrrole nitrogens is 1. The largest absolute Gasteiger partial charge is 0.493 e. The topological polar surface area (TPSA) is 89.7 Å². The lowest BCUT2D eigenvalue weighted by Crippen LogP contribution is -2.42. The predicted octanol–water partition coefficient (Wildman–Crippen LogP) is 4.13. The zero-order valence-corrected chi connectivity index (χ0v) is 21.0. The monoisotopic (exact) mass is 530 g/mol. The molecule has 2 aliphatic rings. The number of hydrogen-bond donors (Lipinski definition) is 1. The van der Waals surface area contributed by atoms with Gasteiger partial charge in [-0.05, 0) is 61.9 Å². The van der Waals surface area contributed by atoms with Gasteiger partial charge in [0.05, 0.1) is 29.7 Å². The summed E-state index contributed by atoms with van der Waals surface area (Å²) < 4.78 is 57.0. The molecule has 1 aromatic carbocycles. The summed E-state index contributed by atoms with van der Waals surface area (Å²) in [6.07, 6.45) is 1.78. The minimum atomic E-state index is -4.64. The quantitative estimate of drug-likeness (QED) is 0.418. The Morgan fingerprint density at radius 2 is 2.00 bits per heavy atom. The molecule has 38 heavy (non-hydrogen) atoms. The summed E-state index contributed by atoms with van der Waals surface area (Å²) >= 11 is 0. The van der Waals surface area contributed by atoms with Crippen molar-refractivity contribution in [1.29, 1.82) is 0 Å². The second kappa shape index (κ2) is 9.73. The van der Waals surface area contributed by atoms with Crippen molar-refractivity contribution in [1.82, 2.24) is 29.0 Å². The number of halogens is 3. The third kappa shape index (κ3) is 4.55. The SMILES string of the molecule is COc1cc(-c2cc3[nH]c(=O)n(C4CCCN(CC5CCOCC5)C4)c3cc2C(F)(F)F)cn2ncnc12. The molecule has 0 saturated carbocycles. The van der Waals surface area contributed by atoms with Crippen molar-refractivity contribution in [3.8, 4) is 16.9 Å². The van der Waals surface area contributed by atoms with Crippen LogP contribution in [0.3, 0.4) is 0 Å². The molecule has 3 aromatic heterocycles. The van der Waals surface area contributed by atoms with Gasteiger partial charge in [0.2, 0.25) is 0 Å². The van der Waals surface area contributed by atoms with E-state index in [0.29, 0.717) is 29.4 Å². The highest BCUT2D eigenvalue weighted by Gasteiger charge is 2.36. The first kappa shape index (κ1) is 24.9. The van der Waals surface area contributed by atoms with E-state index in [1.54, 1.807) is 0 Å². The number of pyridine rings is 1. The number of imidazole rings is 1. The molecule has 2 saturated heterocycles. The number of alkyl halides is 3. The molecule has 0 aliphatic carbocycles. The van der Waals surface area contributed by atoms with Crippen molar-refractivity contribution in [3.63, 3.8) is 0 Å². The lowest BCUT2D eigenvalue weighted by molar-refractivity contribution is -0.137. The zero-order chi connectivity index (χ0) is 26.4. The molecule has 2 fully saturated rings. The Bertz CT molecular complexity index is 1520. The van der Waals surface area contributed by atoms with Crippen molar-refractivity contribution < 1.29 is 22.6 Å². The first-order valence-electron chi connectivity index (χ1n) is 12.8. The lowest BCUT2D eigenvalue weighted by atomic mass is 9.97. The predicted molar refractivity (Wildman–Crippen MR) is 134 cm³/mol. The van der Waals surface area contributed by atoms with Crippen LogP contribution in [0.2, 0.25) is 0 Å². The van der Waals surface area contributed by atoms with E-state index < -0.39 is 17.4 Å². The Morgan fingerprint density at radius 1 is 1.18 bits per heavy atom. The Hall–Kier alpha value is -3.38. The Balaban J connectivity index is 1.41. The number of aromatic nitrogens is 5. The molecule has 9 nitrogen and oxygen atoms in total. The van der Waals surface area contributed by atoms with E-state index in [0.717, 1.165) is 58.1 Å². The van der Waals surface area contributed by atoms with E-state index in [1.165, 1.54) is 40.8 Å². The van der Waals surface area contributed by atoms with Gasteiger partial charge in [0.25, 0.3) is 0 Å². The van der Waals surface area contributed by atoms with Gasteiger partial charge in [-0.2, -0.15) is 18.3 Å². The Kier molecular flexibility index (Phi) is 6.39. The van der Waals surface area contributed by atoms with E-state index in [-0.39, 0.29) is 22.7 Å². The van der Waals surface area contributed by atoms with Crippen LogP contribution in [0, 0.1) is 5.92 Å². The van der Waals surface area contributed by atoms with Crippen molar-refractivity contribution in [3.05, 3.63) is 46.8 Å². The average Bonchev–Trinajstić information content (AvgIpc) is 3.50. The second-order valence-electron chi connectivity index (χ2n) is 10.1. The van der Waals surface area contributed by atoms with Crippen molar-refractivity contribution in [2.45, 2.75) is 37.9 Å². The number of fused-ring (bicyclic) bond motifs is 2. The summed E-state index contributed by atoms with van der Waals surface area (Å²) in [6.45, 7) is 4.01. The number of piperidine rings is 1. The highest BCUT2D eigenvalue weighted by atomic mass is 19.4. The van der Waals surface area contributed by atoms with E-state index in [1.807, 2.05) is 0 Å². The summed E-state index contributed by atoms with van der Waals surface area (Å²) in [5, 5.41) is 4.07. The lowest BCUT2D eigenvalue weighted by Gasteiger charge is -2.36.